The van der Waals surface area contributed by atoms with Crippen LogP contribution >= 0.6 is 0 Å². The van der Waals surface area contributed by atoms with Crippen LogP contribution in [-0.2, 0) is 19.4 Å². The van der Waals surface area contributed by atoms with Crippen LogP contribution in [0.25, 0.3) is 0 Å². The summed E-state index contributed by atoms with van der Waals surface area (Å²) >= 11 is 0. The van der Waals surface area contributed by atoms with Crippen molar-refractivity contribution in [1.29, 1.82) is 0 Å². The molecular weight excluding hydrogens is 242 g/mol. The normalized spacial score (nSPS) is 24.2. The molecule has 0 bridgehead atoms. The van der Waals surface area contributed by atoms with E-state index in [1.807, 2.05) is 0 Å². The lowest BCUT2D eigenvalue weighted by Gasteiger charge is -2.39. The Bertz CT molecular complexity index is 588. The molecule has 1 heterocycles. The molecule has 20 heavy (non-hydrogen) atoms. The molecule has 1 nitrogen and oxygen atoms in total. The number of rotatable bonds is 2. The van der Waals surface area contributed by atoms with E-state index in [0.29, 0.717) is 12.0 Å². The first-order chi connectivity index (χ1) is 9.92. The van der Waals surface area contributed by atoms with Gasteiger partial charge in [-0.3, -0.25) is 0 Å². The maximum absolute atomic E-state index is 3.79. The van der Waals surface area contributed by atoms with Crippen molar-refractivity contribution in [3.8, 4) is 0 Å². The molecular formula is C19H21N. The van der Waals surface area contributed by atoms with Crippen LogP contribution in [0.2, 0.25) is 0 Å². The number of hydrogen-bond acceptors (Lipinski definition) is 1. The summed E-state index contributed by atoms with van der Waals surface area (Å²) in [4.78, 5) is 0. The van der Waals surface area contributed by atoms with Gasteiger partial charge in [-0.15, -0.1) is 0 Å². The van der Waals surface area contributed by atoms with E-state index < -0.39 is 0 Å². The zero-order valence-electron chi connectivity index (χ0n) is 11.8. The highest BCUT2D eigenvalue weighted by Gasteiger charge is 2.32. The van der Waals surface area contributed by atoms with Crippen LogP contribution in [0, 0.1) is 0 Å². The van der Waals surface area contributed by atoms with E-state index in [9.17, 15) is 0 Å². The van der Waals surface area contributed by atoms with Gasteiger partial charge < -0.3 is 5.32 Å². The van der Waals surface area contributed by atoms with Gasteiger partial charge in [-0.2, -0.15) is 0 Å². The van der Waals surface area contributed by atoms with Gasteiger partial charge >= 0.3 is 0 Å². The molecule has 2 unspecified atom stereocenters. The summed E-state index contributed by atoms with van der Waals surface area (Å²) in [5.74, 6) is 0.712. The van der Waals surface area contributed by atoms with Crippen molar-refractivity contribution < 1.29 is 0 Å². The quantitative estimate of drug-likeness (QED) is 0.868. The van der Waals surface area contributed by atoms with Crippen LogP contribution in [0.1, 0.15) is 41.0 Å². The Morgan fingerprint density at radius 3 is 2.70 bits per heavy atom. The number of aryl methyl sites for hydroxylation is 1. The Labute approximate surface area is 121 Å². The van der Waals surface area contributed by atoms with E-state index in [1.165, 1.54) is 30.4 Å². The maximum Gasteiger partial charge on any atom is 0.0211 e. The van der Waals surface area contributed by atoms with Gasteiger partial charge in [0.2, 0.25) is 0 Å². The number of hydrogen-bond donors (Lipinski definition) is 1. The van der Waals surface area contributed by atoms with Crippen molar-refractivity contribution in [1.82, 2.24) is 5.32 Å². The zero-order valence-corrected chi connectivity index (χ0v) is 11.8. The van der Waals surface area contributed by atoms with Crippen molar-refractivity contribution in [3.05, 3.63) is 70.8 Å². The van der Waals surface area contributed by atoms with E-state index >= 15 is 0 Å². The Balaban J connectivity index is 1.66. The van der Waals surface area contributed by atoms with Crippen molar-refractivity contribution in [2.45, 2.75) is 44.2 Å². The molecule has 1 heteroatoms. The first-order valence-electron chi connectivity index (χ1n) is 7.80. The molecule has 1 aliphatic carbocycles. The third kappa shape index (κ3) is 2.06. The van der Waals surface area contributed by atoms with Crippen LogP contribution in [0.3, 0.4) is 0 Å². The minimum Gasteiger partial charge on any atom is -0.309 e. The Hall–Kier alpha value is -1.60. The summed E-state index contributed by atoms with van der Waals surface area (Å²) < 4.78 is 0. The smallest absolute Gasteiger partial charge is 0.0211 e. The zero-order chi connectivity index (χ0) is 13.4. The van der Waals surface area contributed by atoms with Crippen LogP contribution in [-0.4, -0.2) is 6.04 Å². The molecule has 2 aromatic carbocycles. The molecule has 2 aromatic rings. The minimum atomic E-state index is 0.603. The highest BCUT2D eigenvalue weighted by atomic mass is 14.9. The molecule has 1 aliphatic heterocycles. The molecule has 0 amide bonds. The average molecular weight is 263 g/mol. The van der Waals surface area contributed by atoms with Crippen molar-refractivity contribution in [2.24, 2.45) is 0 Å². The SMILES string of the molecule is c1ccc(CC2NCc3cccc4c3C2CCC4)cc1. The molecule has 102 valence electrons. The molecule has 2 aliphatic rings. The summed E-state index contributed by atoms with van der Waals surface area (Å²) in [6.07, 6.45) is 5.11. The predicted molar refractivity (Wildman–Crippen MR) is 82.9 cm³/mol. The van der Waals surface area contributed by atoms with Crippen LogP contribution in [0.4, 0.5) is 0 Å². The Morgan fingerprint density at radius 2 is 1.80 bits per heavy atom. The molecule has 0 spiro atoms. The lowest BCUT2D eigenvalue weighted by Crippen LogP contribution is -2.42. The highest BCUT2D eigenvalue weighted by molar-refractivity contribution is 5.42. The second kappa shape index (κ2) is 5.06. The maximum atomic E-state index is 3.79. The van der Waals surface area contributed by atoms with Crippen LogP contribution in [0.15, 0.2) is 48.5 Å². The second-order valence-corrected chi connectivity index (χ2v) is 6.17. The molecule has 0 fully saturated rings. The van der Waals surface area contributed by atoms with Crippen molar-refractivity contribution in [3.63, 3.8) is 0 Å². The van der Waals surface area contributed by atoms with Gasteiger partial charge in [0.05, 0.1) is 0 Å². The summed E-state index contributed by atoms with van der Waals surface area (Å²) in [5.41, 5.74) is 6.28. The first kappa shape index (κ1) is 12.2. The predicted octanol–water partition coefficient (Wildman–Crippen LogP) is 3.82. The van der Waals surface area contributed by atoms with E-state index in [4.69, 9.17) is 0 Å². The molecule has 0 saturated carbocycles. The molecule has 4 rings (SSSR count). The van der Waals surface area contributed by atoms with Gasteiger partial charge in [-0.1, -0.05) is 48.5 Å². The summed E-state index contributed by atoms with van der Waals surface area (Å²) in [7, 11) is 0. The monoisotopic (exact) mass is 263 g/mol. The van der Waals surface area contributed by atoms with Crippen molar-refractivity contribution in [2.75, 3.05) is 0 Å². The Kier molecular flexibility index (Phi) is 3.08. The summed E-state index contributed by atoms with van der Waals surface area (Å²) in [6, 6.07) is 18.4. The first-order valence-corrected chi connectivity index (χ1v) is 7.80. The fraction of sp³-hybridized carbons (Fsp3) is 0.368. The van der Waals surface area contributed by atoms with Gasteiger partial charge in [-0.25, -0.2) is 0 Å². The van der Waals surface area contributed by atoms with Gasteiger partial charge in [0.15, 0.2) is 0 Å². The minimum absolute atomic E-state index is 0.603. The summed E-state index contributed by atoms with van der Waals surface area (Å²) in [6.45, 7) is 1.04. The largest absolute Gasteiger partial charge is 0.309 e. The number of nitrogens with one attached hydrogen (secondary N) is 1. The fourth-order valence-corrected chi connectivity index (χ4v) is 4.04. The third-order valence-electron chi connectivity index (χ3n) is 4.96. The molecule has 0 aromatic heterocycles. The highest BCUT2D eigenvalue weighted by Crippen LogP contribution is 2.39. The molecule has 1 N–H and O–H groups in total. The van der Waals surface area contributed by atoms with Gasteiger partial charge in [0.1, 0.15) is 0 Å². The molecule has 0 saturated heterocycles. The lowest BCUT2D eigenvalue weighted by atomic mass is 9.73. The van der Waals surface area contributed by atoms with E-state index in [2.05, 4.69) is 53.8 Å². The standard InChI is InChI=1S/C19H21N/c1-2-6-14(7-3-1)12-18-17-11-5-9-15-8-4-10-16(13-20-18)19(15)17/h1-4,6-8,10,17-18,20H,5,9,11-13H2. The van der Waals surface area contributed by atoms with Gasteiger partial charge in [0, 0.05) is 18.5 Å². The molecule has 2 atom stereocenters. The van der Waals surface area contributed by atoms with Crippen LogP contribution < -0.4 is 5.32 Å². The number of benzene rings is 2. The van der Waals surface area contributed by atoms with E-state index in [-0.39, 0.29) is 0 Å². The fourth-order valence-electron chi connectivity index (χ4n) is 4.04. The topological polar surface area (TPSA) is 12.0 Å². The summed E-state index contributed by atoms with van der Waals surface area (Å²) in [5, 5.41) is 3.79. The van der Waals surface area contributed by atoms with Crippen molar-refractivity contribution >= 4 is 0 Å². The Morgan fingerprint density at radius 1 is 0.950 bits per heavy atom. The second-order valence-electron chi connectivity index (χ2n) is 6.17. The van der Waals surface area contributed by atoms with Gasteiger partial charge in [-0.05, 0) is 47.9 Å². The average Bonchev–Trinajstić information content (AvgIpc) is 2.51. The third-order valence-corrected chi connectivity index (χ3v) is 4.96. The van der Waals surface area contributed by atoms with Crippen LogP contribution in [0.5, 0.6) is 0 Å². The lowest BCUT2D eigenvalue weighted by molar-refractivity contribution is 0.361. The van der Waals surface area contributed by atoms with Gasteiger partial charge in [0.25, 0.3) is 0 Å². The molecule has 0 radical (unpaired) electrons. The van der Waals surface area contributed by atoms with E-state index in [1.54, 1.807) is 11.1 Å². The van der Waals surface area contributed by atoms with E-state index in [0.717, 1.165) is 13.0 Å².